The quantitative estimate of drug-likeness (QED) is 0.349. The molecule has 4 rings (SSSR count). The average Bonchev–Trinajstić information content (AvgIpc) is 3.33. The summed E-state index contributed by atoms with van der Waals surface area (Å²) in [6.07, 6.45) is 1.76. The van der Waals surface area contributed by atoms with Gasteiger partial charge in [-0.2, -0.15) is 5.10 Å². The van der Waals surface area contributed by atoms with E-state index in [0.717, 1.165) is 16.9 Å². The lowest BCUT2D eigenvalue weighted by Gasteiger charge is -2.09. The number of anilines is 1. The molecule has 0 bridgehead atoms. The van der Waals surface area contributed by atoms with E-state index in [2.05, 4.69) is 10.6 Å². The van der Waals surface area contributed by atoms with E-state index in [1.807, 2.05) is 61.5 Å². The minimum atomic E-state index is -0.281. The topological polar surface area (TPSA) is 94.5 Å². The van der Waals surface area contributed by atoms with E-state index < -0.39 is 0 Å². The van der Waals surface area contributed by atoms with Crippen LogP contribution in [0.1, 0.15) is 22.8 Å². The van der Waals surface area contributed by atoms with E-state index in [9.17, 15) is 9.59 Å². The third kappa shape index (κ3) is 6.29. The summed E-state index contributed by atoms with van der Waals surface area (Å²) in [5, 5.41) is 10.3. The maximum absolute atomic E-state index is 13.3. The number of amides is 2. The minimum absolute atomic E-state index is 0.0641. The number of aromatic nitrogens is 2. The summed E-state index contributed by atoms with van der Waals surface area (Å²) >= 11 is 0. The van der Waals surface area contributed by atoms with Crippen molar-refractivity contribution in [2.75, 3.05) is 25.6 Å². The molecule has 0 atom stereocenters. The van der Waals surface area contributed by atoms with Crippen LogP contribution in [-0.2, 0) is 11.3 Å². The van der Waals surface area contributed by atoms with Gasteiger partial charge in [0.1, 0.15) is 17.2 Å². The van der Waals surface area contributed by atoms with Crippen LogP contribution in [0.3, 0.4) is 0 Å². The van der Waals surface area contributed by atoms with Gasteiger partial charge in [0, 0.05) is 24.0 Å². The molecule has 36 heavy (non-hydrogen) atoms. The van der Waals surface area contributed by atoms with Crippen LogP contribution in [0, 0.1) is 0 Å². The Morgan fingerprint density at radius 2 is 1.61 bits per heavy atom. The summed E-state index contributed by atoms with van der Waals surface area (Å²) < 4.78 is 12.5. The number of carbonyl (C=O) groups excluding carboxylic acids is 2. The van der Waals surface area contributed by atoms with Gasteiger partial charge in [-0.1, -0.05) is 30.3 Å². The summed E-state index contributed by atoms with van der Waals surface area (Å²) in [5.74, 6) is 0.793. The van der Waals surface area contributed by atoms with Crippen molar-refractivity contribution in [3.05, 3.63) is 96.2 Å². The maximum atomic E-state index is 13.3. The highest BCUT2D eigenvalue weighted by atomic mass is 16.5. The molecule has 0 saturated carbocycles. The summed E-state index contributed by atoms with van der Waals surface area (Å²) in [7, 11) is 1.61. The van der Waals surface area contributed by atoms with Crippen molar-refractivity contribution in [3.63, 3.8) is 0 Å². The Morgan fingerprint density at radius 1 is 0.917 bits per heavy atom. The molecular formula is C28H28N4O4. The van der Waals surface area contributed by atoms with Crippen LogP contribution in [0.4, 0.5) is 5.69 Å². The number of benzene rings is 3. The van der Waals surface area contributed by atoms with Crippen molar-refractivity contribution in [1.29, 1.82) is 0 Å². The molecule has 2 N–H and O–H groups in total. The molecular weight excluding hydrogens is 456 g/mol. The lowest BCUT2D eigenvalue weighted by Crippen LogP contribution is -2.28. The molecule has 8 heteroatoms. The largest absolute Gasteiger partial charge is 0.497 e. The highest BCUT2D eigenvalue weighted by Crippen LogP contribution is 2.26. The Bertz CT molecular complexity index is 1300. The van der Waals surface area contributed by atoms with E-state index >= 15 is 0 Å². The summed E-state index contributed by atoms with van der Waals surface area (Å²) in [6.45, 7) is 2.87. The van der Waals surface area contributed by atoms with Crippen molar-refractivity contribution in [2.24, 2.45) is 0 Å². The number of nitrogens with one attached hydrogen (secondary N) is 2. The first-order chi connectivity index (χ1) is 17.6. The molecule has 8 nitrogen and oxygen atoms in total. The molecule has 0 unspecified atom stereocenters. The van der Waals surface area contributed by atoms with Crippen molar-refractivity contribution < 1.29 is 19.1 Å². The first-order valence-electron chi connectivity index (χ1n) is 11.6. The molecule has 3 aromatic carbocycles. The Balaban J connectivity index is 1.53. The Kier molecular flexibility index (Phi) is 7.97. The number of methoxy groups -OCH3 is 1. The van der Waals surface area contributed by atoms with Crippen molar-refractivity contribution in [3.8, 4) is 22.8 Å². The van der Waals surface area contributed by atoms with Gasteiger partial charge in [-0.15, -0.1) is 0 Å². The van der Waals surface area contributed by atoms with E-state index in [-0.39, 0.29) is 18.4 Å². The zero-order valence-electron chi connectivity index (χ0n) is 20.2. The van der Waals surface area contributed by atoms with Crippen LogP contribution >= 0.6 is 0 Å². The molecule has 0 fully saturated rings. The predicted octanol–water partition coefficient (Wildman–Crippen LogP) is 4.37. The van der Waals surface area contributed by atoms with Gasteiger partial charge in [-0.05, 0) is 61.0 Å². The lowest BCUT2D eigenvalue weighted by molar-refractivity contribution is -0.122. The van der Waals surface area contributed by atoms with Gasteiger partial charge in [-0.3, -0.25) is 14.3 Å². The fourth-order valence-electron chi connectivity index (χ4n) is 3.63. The molecule has 184 valence electrons. The molecule has 0 aliphatic carbocycles. The van der Waals surface area contributed by atoms with Crippen LogP contribution in [-0.4, -0.2) is 41.9 Å². The third-order valence-electron chi connectivity index (χ3n) is 5.41. The average molecular weight is 485 g/mol. The van der Waals surface area contributed by atoms with Crippen molar-refractivity contribution >= 4 is 17.5 Å². The van der Waals surface area contributed by atoms with Crippen LogP contribution in [0.5, 0.6) is 11.5 Å². The number of rotatable bonds is 10. The highest BCUT2D eigenvalue weighted by molar-refractivity contribution is 6.08. The van der Waals surface area contributed by atoms with Gasteiger partial charge in [0.25, 0.3) is 11.8 Å². The number of nitrogens with zero attached hydrogens (tertiary/aromatic N) is 2. The molecule has 2 amide bonds. The van der Waals surface area contributed by atoms with Crippen molar-refractivity contribution in [2.45, 2.75) is 13.5 Å². The summed E-state index contributed by atoms with van der Waals surface area (Å²) in [5.41, 5.74) is 3.51. The summed E-state index contributed by atoms with van der Waals surface area (Å²) in [4.78, 5) is 24.9. The number of carbonyl (C=O) groups is 2. The maximum Gasteiger partial charge on any atom is 0.259 e. The molecule has 1 heterocycles. The van der Waals surface area contributed by atoms with Gasteiger partial charge in [0.05, 0.1) is 19.2 Å². The van der Waals surface area contributed by atoms with E-state index in [1.54, 1.807) is 42.3 Å². The number of ether oxygens (including phenoxy) is 2. The highest BCUT2D eigenvalue weighted by Gasteiger charge is 2.19. The molecule has 0 aliphatic rings. The van der Waals surface area contributed by atoms with Crippen LogP contribution in [0.25, 0.3) is 11.3 Å². The number of hydrogen-bond acceptors (Lipinski definition) is 5. The molecule has 0 spiro atoms. The standard InChI is InChI=1S/C28H28N4O4/c1-3-29-26(33)19-36-24-15-11-22(12-16-24)30-28(34)25-18-32(17-20-7-5-4-6-8-20)31-27(25)21-9-13-23(35-2)14-10-21/h4-16,18H,3,17,19H2,1-2H3,(H,29,33)(H,30,34). The van der Waals surface area contributed by atoms with Gasteiger partial charge < -0.3 is 20.1 Å². The smallest absolute Gasteiger partial charge is 0.259 e. The van der Waals surface area contributed by atoms with Crippen molar-refractivity contribution in [1.82, 2.24) is 15.1 Å². The van der Waals surface area contributed by atoms with Gasteiger partial charge >= 0.3 is 0 Å². The molecule has 4 aromatic rings. The predicted molar refractivity (Wildman–Crippen MR) is 138 cm³/mol. The molecule has 0 radical (unpaired) electrons. The van der Waals surface area contributed by atoms with Gasteiger partial charge in [-0.25, -0.2) is 0 Å². The SMILES string of the molecule is CCNC(=O)COc1ccc(NC(=O)c2cn(Cc3ccccc3)nc2-c2ccc(OC)cc2)cc1. The van der Waals surface area contributed by atoms with E-state index in [4.69, 9.17) is 14.6 Å². The lowest BCUT2D eigenvalue weighted by atomic mass is 10.1. The number of likely N-dealkylation sites (N-methyl/N-ethyl adjacent to an activating group) is 1. The van der Waals surface area contributed by atoms with Crippen LogP contribution in [0.15, 0.2) is 85.1 Å². The first kappa shape index (κ1) is 24.5. The normalized spacial score (nSPS) is 10.5. The van der Waals surface area contributed by atoms with Gasteiger partial charge in [0.2, 0.25) is 0 Å². The Morgan fingerprint density at radius 3 is 2.28 bits per heavy atom. The molecule has 0 aliphatic heterocycles. The second-order valence-corrected chi connectivity index (χ2v) is 8.02. The number of hydrogen-bond donors (Lipinski definition) is 2. The second-order valence-electron chi connectivity index (χ2n) is 8.02. The fraction of sp³-hybridized carbons (Fsp3) is 0.179. The van der Waals surface area contributed by atoms with Gasteiger partial charge in [0.15, 0.2) is 6.61 Å². The fourth-order valence-corrected chi connectivity index (χ4v) is 3.63. The Hall–Kier alpha value is -4.59. The van der Waals surface area contributed by atoms with E-state index in [0.29, 0.717) is 35.8 Å². The zero-order valence-corrected chi connectivity index (χ0v) is 20.2. The Labute approximate surface area is 209 Å². The van der Waals surface area contributed by atoms with E-state index in [1.165, 1.54) is 0 Å². The van der Waals surface area contributed by atoms with Crippen LogP contribution < -0.4 is 20.1 Å². The minimum Gasteiger partial charge on any atom is -0.497 e. The second kappa shape index (κ2) is 11.7. The zero-order chi connectivity index (χ0) is 25.3. The first-order valence-corrected chi connectivity index (χ1v) is 11.6. The molecule has 0 saturated heterocycles. The monoisotopic (exact) mass is 484 g/mol. The summed E-state index contributed by atoms with van der Waals surface area (Å²) in [6, 6.07) is 24.3. The molecule has 1 aromatic heterocycles. The third-order valence-corrected chi connectivity index (χ3v) is 5.41. The van der Waals surface area contributed by atoms with Crippen LogP contribution in [0.2, 0.25) is 0 Å².